The van der Waals surface area contributed by atoms with E-state index in [0.29, 0.717) is 0 Å². The second kappa shape index (κ2) is 18.3. The highest BCUT2D eigenvalue weighted by Gasteiger charge is 2.18. The van der Waals surface area contributed by atoms with Gasteiger partial charge in [0, 0.05) is 36.0 Å². The molecule has 5 nitrogen and oxygen atoms in total. The van der Waals surface area contributed by atoms with Gasteiger partial charge in [0.25, 0.3) is 0 Å². The van der Waals surface area contributed by atoms with Gasteiger partial charge in [-0.3, -0.25) is 0 Å². The summed E-state index contributed by atoms with van der Waals surface area (Å²) in [5.74, 6) is 0.0416. The third-order valence-electron chi connectivity index (χ3n) is 3.81. The van der Waals surface area contributed by atoms with Gasteiger partial charge in [0.05, 0.1) is 17.2 Å². The number of hydroxylamine groups is 1. The maximum Gasteiger partial charge on any atom is 0.187 e. The van der Waals surface area contributed by atoms with E-state index >= 15 is 0 Å². The van der Waals surface area contributed by atoms with Crippen molar-refractivity contribution in [3.05, 3.63) is 70.8 Å². The number of thiazole rings is 1. The Balaban J connectivity index is 0.00000436. The van der Waals surface area contributed by atoms with Crippen molar-refractivity contribution in [1.29, 1.82) is 0 Å². The topological polar surface area (TPSA) is 66.4 Å². The van der Waals surface area contributed by atoms with E-state index < -0.39 is 0 Å². The van der Waals surface area contributed by atoms with Crippen LogP contribution < -0.4 is 10.8 Å². The van der Waals surface area contributed by atoms with E-state index in [4.69, 9.17) is 9.27 Å². The summed E-state index contributed by atoms with van der Waals surface area (Å²) in [6, 6.07) is 0. The number of aliphatic hydroxyl groups excluding tert-OH is 1. The van der Waals surface area contributed by atoms with Crippen LogP contribution in [0.2, 0.25) is 0 Å². The van der Waals surface area contributed by atoms with Gasteiger partial charge in [0.1, 0.15) is 0 Å². The SMILES string of the molecule is C=CCC(/C=C\C(C)SONC)c1nc(NC(/C=C\C(=C)SC)=C/C)sc1CO.CC. The summed E-state index contributed by atoms with van der Waals surface area (Å²) >= 11 is 4.41. The third kappa shape index (κ3) is 11.8. The molecule has 1 aromatic heterocycles. The minimum absolute atomic E-state index is 0.0416. The number of nitrogens with zero attached hydrogens (tertiary/aromatic N) is 1. The van der Waals surface area contributed by atoms with Gasteiger partial charge in [-0.2, -0.15) is 5.48 Å². The van der Waals surface area contributed by atoms with Crippen molar-refractivity contribution in [2.75, 3.05) is 18.6 Å². The average molecular weight is 484 g/mol. The summed E-state index contributed by atoms with van der Waals surface area (Å²) in [6.07, 6.45) is 14.7. The first-order chi connectivity index (χ1) is 15.0. The molecule has 0 aliphatic rings. The van der Waals surface area contributed by atoms with Crippen molar-refractivity contribution in [3.8, 4) is 0 Å². The van der Waals surface area contributed by atoms with E-state index in [1.165, 1.54) is 23.4 Å². The Morgan fingerprint density at radius 2 is 2.03 bits per heavy atom. The highest BCUT2D eigenvalue weighted by molar-refractivity contribution is 8.02. The molecule has 0 saturated carbocycles. The smallest absolute Gasteiger partial charge is 0.187 e. The van der Waals surface area contributed by atoms with E-state index in [9.17, 15) is 5.11 Å². The Bertz CT molecular complexity index is 742. The average Bonchev–Trinajstić information content (AvgIpc) is 3.21. The van der Waals surface area contributed by atoms with Crippen LogP contribution in [0.25, 0.3) is 0 Å². The van der Waals surface area contributed by atoms with Crippen molar-refractivity contribution < 1.29 is 9.39 Å². The number of anilines is 1. The molecule has 2 unspecified atom stereocenters. The summed E-state index contributed by atoms with van der Waals surface area (Å²) in [4.78, 5) is 6.60. The van der Waals surface area contributed by atoms with Crippen LogP contribution in [-0.2, 0) is 10.9 Å². The minimum Gasteiger partial charge on any atom is -0.391 e. The molecule has 1 rings (SSSR count). The number of hydrogen-bond donors (Lipinski definition) is 3. The number of allylic oxidation sites excluding steroid dienone is 5. The van der Waals surface area contributed by atoms with Crippen molar-refractivity contribution in [1.82, 2.24) is 10.5 Å². The summed E-state index contributed by atoms with van der Waals surface area (Å²) in [6.45, 7) is 15.8. The van der Waals surface area contributed by atoms with Crippen LogP contribution in [0.1, 0.15) is 50.6 Å². The zero-order valence-electron chi connectivity index (χ0n) is 19.5. The lowest BCUT2D eigenvalue weighted by Crippen LogP contribution is -2.05. The Hall–Kier alpha value is -1.29. The first-order valence-corrected chi connectivity index (χ1v) is 13.1. The fraction of sp³-hybridized carbons (Fsp3) is 0.435. The Labute approximate surface area is 201 Å². The molecule has 0 radical (unpaired) electrons. The van der Waals surface area contributed by atoms with Gasteiger partial charge < -0.3 is 10.4 Å². The summed E-state index contributed by atoms with van der Waals surface area (Å²) < 4.78 is 5.16. The highest BCUT2D eigenvalue weighted by atomic mass is 32.2. The Morgan fingerprint density at radius 3 is 2.58 bits per heavy atom. The maximum absolute atomic E-state index is 9.86. The van der Waals surface area contributed by atoms with Crippen LogP contribution in [0.5, 0.6) is 0 Å². The molecule has 2 atom stereocenters. The van der Waals surface area contributed by atoms with Gasteiger partial charge in [-0.25, -0.2) is 9.27 Å². The molecule has 0 amide bonds. The molecule has 0 fully saturated rings. The van der Waals surface area contributed by atoms with Gasteiger partial charge in [0.2, 0.25) is 0 Å². The van der Waals surface area contributed by atoms with E-state index in [-0.39, 0.29) is 17.8 Å². The summed E-state index contributed by atoms with van der Waals surface area (Å²) in [5.41, 5.74) is 4.45. The monoisotopic (exact) mass is 483 g/mol. The lowest BCUT2D eigenvalue weighted by molar-refractivity contribution is 0.270. The second-order valence-electron chi connectivity index (χ2n) is 5.96. The van der Waals surface area contributed by atoms with E-state index in [0.717, 1.165) is 32.7 Å². The van der Waals surface area contributed by atoms with Crippen LogP contribution in [0, 0.1) is 0 Å². The molecule has 31 heavy (non-hydrogen) atoms. The number of aliphatic hydroxyl groups is 1. The van der Waals surface area contributed by atoms with Crippen molar-refractivity contribution >= 4 is 40.3 Å². The predicted octanol–water partition coefficient (Wildman–Crippen LogP) is 6.81. The first-order valence-electron chi connectivity index (χ1n) is 10.2. The largest absolute Gasteiger partial charge is 0.391 e. The lowest BCUT2D eigenvalue weighted by atomic mass is 9.99. The molecule has 3 N–H and O–H groups in total. The quantitative estimate of drug-likeness (QED) is 0.116. The molecule has 0 aromatic carbocycles. The molecule has 0 spiro atoms. The number of hydrogen-bond acceptors (Lipinski definition) is 8. The molecular formula is C23H37N3O2S3. The molecule has 1 heterocycles. The van der Waals surface area contributed by atoms with Crippen molar-refractivity contribution in [3.63, 3.8) is 0 Å². The van der Waals surface area contributed by atoms with Crippen LogP contribution in [0.3, 0.4) is 0 Å². The number of thioether (sulfide) groups is 1. The molecule has 0 bridgehead atoms. The highest BCUT2D eigenvalue weighted by Crippen LogP contribution is 2.33. The van der Waals surface area contributed by atoms with Crippen LogP contribution in [0.4, 0.5) is 5.13 Å². The van der Waals surface area contributed by atoms with E-state index in [1.807, 2.05) is 51.3 Å². The van der Waals surface area contributed by atoms with Crippen molar-refractivity contribution in [2.45, 2.75) is 51.9 Å². The molecule has 1 aromatic rings. The van der Waals surface area contributed by atoms with Gasteiger partial charge >= 0.3 is 0 Å². The van der Waals surface area contributed by atoms with E-state index in [1.54, 1.807) is 18.8 Å². The fourth-order valence-corrected chi connectivity index (χ4v) is 3.83. The second-order valence-corrected chi connectivity index (χ2v) is 9.08. The predicted molar refractivity (Wildman–Crippen MR) is 142 cm³/mol. The van der Waals surface area contributed by atoms with Gasteiger partial charge in [-0.05, 0) is 43.6 Å². The molecule has 174 valence electrons. The summed E-state index contributed by atoms with van der Waals surface area (Å²) in [5, 5.41) is 14.1. The maximum atomic E-state index is 9.86. The fourth-order valence-electron chi connectivity index (χ4n) is 2.31. The Kier molecular flexibility index (Phi) is 17.5. The number of nitrogens with one attached hydrogen (secondary N) is 2. The molecule has 0 aliphatic carbocycles. The lowest BCUT2D eigenvalue weighted by Gasteiger charge is -2.11. The van der Waals surface area contributed by atoms with E-state index in [2.05, 4.69) is 43.0 Å². The third-order valence-corrected chi connectivity index (χ3v) is 6.17. The molecule has 0 saturated heterocycles. The number of aromatic nitrogens is 1. The van der Waals surface area contributed by atoms with Crippen LogP contribution in [-0.4, -0.2) is 28.6 Å². The number of rotatable bonds is 14. The zero-order chi connectivity index (χ0) is 23.6. The van der Waals surface area contributed by atoms with Gasteiger partial charge in [0.15, 0.2) is 5.13 Å². The zero-order valence-corrected chi connectivity index (χ0v) is 21.9. The molecule has 0 aliphatic heterocycles. The summed E-state index contributed by atoms with van der Waals surface area (Å²) in [7, 11) is 1.73. The minimum atomic E-state index is -0.0480. The van der Waals surface area contributed by atoms with Gasteiger partial charge in [-0.15, -0.1) is 18.3 Å². The van der Waals surface area contributed by atoms with Crippen LogP contribution in [0.15, 0.2) is 60.2 Å². The Morgan fingerprint density at radius 1 is 1.32 bits per heavy atom. The van der Waals surface area contributed by atoms with Crippen LogP contribution >= 0.6 is 35.1 Å². The molecule has 8 heteroatoms. The van der Waals surface area contributed by atoms with Crippen molar-refractivity contribution in [2.24, 2.45) is 0 Å². The standard InChI is InChI=1S/C21H31N3O2S3.C2H6/c1-7-9-17(12-10-16(4)29-26-22-5)20-19(14-25)28-21(24-20)23-18(8-2)13-11-15(3)27-6;1-2/h7-8,10-13,16-17,22,25H,1,3,9,14H2,2,4-6H3,(H,23,24);1-2H3/b12-10-,13-11-,18-8+;. The molecular weight excluding hydrogens is 446 g/mol. The van der Waals surface area contributed by atoms with Gasteiger partial charge in [-0.1, -0.05) is 56.1 Å². The first kappa shape index (κ1) is 29.7. The normalized spacial score (nSPS) is 13.7.